The van der Waals surface area contributed by atoms with E-state index in [1.165, 1.54) is 17.0 Å². The second kappa shape index (κ2) is 11.9. The number of nitro groups is 1. The first kappa shape index (κ1) is 29.5. The summed E-state index contributed by atoms with van der Waals surface area (Å²) >= 11 is 0. The minimum absolute atomic E-state index is 0.0523. The summed E-state index contributed by atoms with van der Waals surface area (Å²) in [4.78, 5) is 23.6. The van der Waals surface area contributed by atoms with Crippen molar-refractivity contribution in [3.8, 4) is 17.3 Å². The molecular weight excluding hydrogens is 550 g/mol. The highest BCUT2D eigenvalue weighted by atomic mass is 32.2. The van der Waals surface area contributed by atoms with Crippen molar-refractivity contribution in [3.05, 3.63) is 93.1 Å². The quantitative estimate of drug-likeness (QED) is 0.183. The zero-order valence-corrected chi connectivity index (χ0v) is 24.1. The summed E-state index contributed by atoms with van der Waals surface area (Å²) in [6, 6.07) is 11.9. The van der Waals surface area contributed by atoms with E-state index in [0.29, 0.717) is 23.4 Å². The number of sulfonamides is 1. The third kappa shape index (κ3) is 6.31. The van der Waals surface area contributed by atoms with E-state index in [-0.39, 0.29) is 23.9 Å². The Labute approximate surface area is 237 Å². The van der Waals surface area contributed by atoms with Gasteiger partial charge < -0.3 is 14.5 Å². The number of nitro benzene ring substituents is 1. The number of aromatic nitrogens is 2. The molecule has 4 rings (SSSR count). The maximum atomic E-state index is 13.3. The molecule has 0 fully saturated rings. The highest BCUT2D eigenvalue weighted by Gasteiger charge is 2.29. The van der Waals surface area contributed by atoms with E-state index in [1.54, 1.807) is 32.0 Å². The summed E-state index contributed by atoms with van der Waals surface area (Å²) in [6.45, 7) is 9.06. The molecular formula is C28H31N5O7S. The predicted octanol–water partition coefficient (Wildman–Crippen LogP) is 5.10. The van der Waals surface area contributed by atoms with Crippen LogP contribution in [0.3, 0.4) is 0 Å². The van der Waals surface area contributed by atoms with Crippen molar-refractivity contribution in [1.29, 1.82) is 0 Å². The Morgan fingerprint density at radius 1 is 1.15 bits per heavy atom. The average molecular weight is 582 g/mol. The molecule has 2 aromatic heterocycles. The van der Waals surface area contributed by atoms with Crippen LogP contribution in [0.5, 0.6) is 11.6 Å². The van der Waals surface area contributed by atoms with Gasteiger partial charge in [-0.25, -0.2) is 13.1 Å². The predicted molar refractivity (Wildman–Crippen MR) is 151 cm³/mol. The first-order valence-electron chi connectivity index (χ1n) is 12.9. The van der Waals surface area contributed by atoms with Crippen LogP contribution in [0.25, 0.3) is 5.69 Å². The molecule has 41 heavy (non-hydrogen) atoms. The first-order valence-corrected chi connectivity index (χ1v) is 14.4. The van der Waals surface area contributed by atoms with E-state index in [1.807, 2.05) is 32.9 Å². The van der Waals surface area contributed by atoms with Gasteiger partial charge in [0.05, 0.1) is 23.4 Å². The Hall–Kier alpha value is -4.49. The summed E-state index contributed by atoms with van der Waals surface area (Å²) in [6.07, 6.45) is 2.00. The van der Waals surface area contributed by atoms with Gasteiger partial charge in [0.25, 0.3) is 11.6 Å². The van der Waals surface area contributed by atoms with Crippen LogP contribution in [0.2, 0.25) is 0 Å². The molecule has 0 aliphatic heterocycles. The first-order chi connectivity index (χ1) is 19.4. The van der Waals surface area contributed by atoms with Crippen molar-refractivity contribution in [1.82, 2.24) is 19.8 Å². The molecule has 216 valence electrons. The molecule has 2 N–H and O–H groups in total. The molecule has 0 aliphatic carbocycles. The van der Waals surface area contributed by atoms with Gasteiger partial charge in [-0.05, 0) is 69.5 Å². The number of nitrogens with zero attached hydrogens (tertiary/aromatic N) is 3. The Balaban J connectivity index is 1.85. The van der Waals surface area contributed by atoms with Gasteiger partial charge in [0.1, 0.15) is 16.4 Å². The van der Waals surface area contributed by atoms with Gasteiger partial charge in [-0.1, -0.05) is 19.1 Å². The van der Waals surface area contributed by atoms with E-state index in [0.717, 1.165) is 23.3 Å². The second-order valence-corrected chi connectivity index (χ2v) is 11.3. The van der Waals surface area contributed by atoms with Gasteiger partial charge in [-0.2, -0.15) is 9.78 Å². The number of benzene rings is 2. The lowest BCUT2D eigenvalue weighted by molar-refractivity contribution is -0.385. The van der Waals surface area contributed by atoms with Crippen molar-refractivity contribution in [2.24, 2.45) is 0 Å². The van der Waals surface area contributed by atoms with E-state index >= 15 is 0 Å². The number of nitrogens with one attached hydrogen (secondary N) is 2. The zero-order chi connectivity index (χ0) is 29.9. The minimum Gasteiger partial charge on any atom is -0.467 e. The van der Waals surface area contributed by atoms with Gasteiger partial charge in [-0.15, -0.1) is 0 Å². The number of hydrogen-bond acceptors (Lipinski definition) is 8. The van der Waals surface area contributed by atoms with Crippen molar-refractivity contribution >= 4 is 21.6 Å². The van der Waals surface area contributed by atoms with Crippen LogP contribution in [0.15, 0.2) is 64.1 Å². The van der Waals surface area contributed by atoms with Crippen LogP contribution < -0.4 is 14.8 Å². The van der Waals surface area contributed by atoms with Gasteiger partial charge in [0, 0.05) is 23.7 Å². The van der Waals surface area contributed by atoms with Crippen molar-refractivity contribution < 1.29 is 27.3 Å². The number of amides is 1. The van der Waals surface area contributed by atoms with Crippen molar-refractivity contribution in [3.63, 3.8) is 0 Å². The zero-order valence-electron chi connectivity index (χ0n) is 23.3. The van der Waals surface area contributed by atoms with E-state index in [9.17, 15) is 23.3 Å². The van der Waals surface area contributed by atoms with Gasteiger partial charge in [0.2, 0.25) is 15.9 Å². The number of ether oxygens (including phenoxy) is 1. The standard InChI is InChI=1S/C28H31N5O7S/c1-6-18(3)31-41(37,38)25-15-21(33(35)36)12-13-24(25)40-28-20(5)26(27(34)29-16-22-10-8-14-39-22)30-32(28)23-11-7-9-17(2)19(23)4/h7-15,18,31H,6,16H2,1-5H3,(H,29,34)/t18-/m1/s1. The molecule has 0 radical (unpaired) electrons. The van der Waals surface area contributed by atoms with Gasteiger partial charge in [-0.3, -0.25) is 14.9 Å². The third-order valence-electron chi connectivity index (χ3n) is 6.69. The Bertz CT molecular complexity index is 1690. The third-order valence-corrected chi connectivity index (χ3v) is 8.30. The second-order valence-electron chi connectivity index (χ2n) is 9.59. The largest absolute Gasteiger partial charge is 0.467 e. The highest BCUT2D eigenvalue weighted by Crippen LogP contribution is 2.36. The number of furan rings is 1. The van der Waals surface area contributed by atoms with Gasteiger partial charge in [0.15, 0.2) is 5.69 Å². The van der Waals surface area contributed by atoms with Crippen LogP contribution in [0, 0.1) is 30.9 Å². The summed E-state index contributed by atoms with van der Waals surface area (Å²) < 4.78 is 42.1. The number of hydrogen-bond donors (Lipinski definition) is 2. The van der Waals surface area contributed by atoms with Crippen LogP contribution in [0.4, 0.5) is 5.69 Å². The fourth-order valence-corrected chi connectivity index (χ4v) is 5.50. The molecule has 0 unspecified atom stereocenters. The summed E-state index contributed by atoms with van der Waals surface area (Å²) in [5.41, 5.74) is 2.40. The van der Waals surface area contributed by atoms with Crippen LogP contribution in [-0.4, -0.2) is 35.1 Å². The Morgan fingerprint density at radius 2 is 1.90 bits per heavy atom. The maximum absolute atomic E-state index is 13.3. The lowest BCUT2D eigenvalue weighted by atomic mass is 10.1. The van der Waals surface area contributed by atoms with Crippen LogP contribution in [0.1, 0.15) is 53.2 Å². The summed E-state index contributed by atoms with van der Waals surface area (Å²) in [5.74, 6) is -0.0297. The molecule has 0 aliphatic rings. The molecule has 2 aromatic carbocycles. The minimum atomic E-state index is -4.23. The molecule has 12 nitrogen and oxygen atoms in total. The average Bonchev–Trinajstić information content (AvgIpc) is 3.57. The molecule has 1 atom stereocenters. The number of non-ortho nitro benzene ring substituents is 1. The molecule has 0 saturated heterocycles. The number of rotatable bonds is 11. The lowest BCUT2D eigenvalue weighted by Crippen LogP contribution is -2.32. The molecule has 2 heterocycles. The molecule has 4 aromatic rings. The monoisotopic (exact) mass is 581 g/mol. The Kier molecular flexibility index (Phi) is 8.59. The maximum Gasteiger partial charge on any atom is 0.272 e. The van der Waals surface area contributed by atoms with Gasteiger partial charge >= 0.3 is 0 Å². The fourth-order valence-electron chi connectivity index (χ4n) is 4.03. The number of aryl methyl sites for hydroxylation is 1. The normalized spacial score (nSPS) is 12.2. The highest BCUT2D eigenvalue weighted by molar-refractivity contribution is 7.89. The number of carbonyl (C=O) groups excluding carboxylic acids is 1. The smallest absolute Gasteiger partial charge is 0.272 e. The molecule has 13 heteroatoms. The number of carbonyl (C=O) groups is 1. The Morgan fingerprint density at radius 3 is 2.56 bits per heavy atom. The lowest BCUT2D eigenvalue weighted by Gasteiger charge is -2.17. The van der Waals surface area contributed by atoms with Crippen molar-refractivity contribution in [2.75, 3.05) is 0 Å². The van der Waals surface area contributed by atoms with Crippen LogP contribution in [-0.2, 0) is 16.6 Å². The van der Waals surface area contributed by atoms with E-state index < -0.39 is 37.5 Å². The summed E-state index contributed by atoms with van der Waals surface area (Å²) in [7, 11) is -4.23. The SMILES string of the molecule is CC[C@@H](C)NS(=O)(=O)c1cc([N+](=O)[O-])ccc1Oc1c(C)c(C(=O)NCc2ccco2)nn1-c1cccc(C)c1C. The summed E-state index contributed by atoms with van der Waals surface area (Å²) in [5, 5.41) is 18.8. The molecule has 0 spiro atoms. The van der Waals surface area contributed by atoms with Crippen molar-refractivity contribution in [2.45, 2.75) is 58.5 Å². The fraction of sp³-hybridized carbons (Fsp3) is 0.286. The molecule has 0 bridgehead atoms. The van der Waals surface area contributed by atoms with Crippen LogP contribution >= 0.6 is 0 Å². The molecule has 1 amide bonds. The molecule has 0 saturated carbocycles. The van der Waals surface area contributed by atoms with E-state index in [4.69, 9.17) is 9.15 Å². The van der Waals surface area contributed by atoms with E-state index in [2.05, 4.69) is 15.1 Å². The topological polar surface area (TPSA) is 159 Å².